The monoisotopic (exact) mass is 430 g/mol. The molecule has 0 saturated heterocycles. The third-order valence-electron chi connectivity index (χ3n) is 3.80. The fourth-order valence-corrected chi connectivity index (χ4v) is 2.29. The maximum absolute atomic E-state index is 14.4. The lowest BCUT2D eigenvalue weighted by Gasteiger charge is -2.18. The molecule has 4 nitrogen and oxygen atoms in total. The van der Waals surface area contributed by atoms with Crippen molar-refractivity contribution in [3.63, 3.8) is 0 Å². The first-order valence-electron chi connectivity index (χ1n) is 8.82. The summed E-state index contributed by atoms with van der Waals surface area (Å²) in [5.41, 5.74) is 0.122. The minimum atomic E-state index is -4.25. The Morgan fingerprint density at radius 1 is 0.933 bits per heavy atom. The molecule has 0 unspecified atom stereocenters. The maximum atomic E-state index is 14.4. The summed E-state index contributed by atoms with van der Waals surface area (Å²) in [4.78, 5) is 11.0. The third-order valence-corrected chi connectivity index (χ3v) is 3.80. The highest BCUT2D eigenvalue weighted by molar-refractivity contribution is 5.86. The zero-order chi connectivity index (χ0) is 22.2. The minimum Gasteiger partial charge on any atom is -0.494 e. The molecule has 0 heterocycles. The number of methoxy groups -OCH3 is 1. The SMILES string of the molecule is COC(=O)/C=C/c1ccc(C(F)(F)Oc2ccc(OCCCC(F)(F)F)cc2)cc1. The lowest BCUT2D eigenvalue weighted by atomic mass is 10.1. The lowest BCUT2D eigenvalue weighted by molar-refractivity contribution is -0.185. The van der Waals surface area contributed by atoms with Gasteiger partial charge in [0.1, 0.15) is 11.5 Å². The van der Waals surface area contributed by atoms with Gasteiger partial charge in [0.2, 0.25) is 0 Å². The van der Waals surface area contributed by atoms with Gasteiger partial charge < -0.3 is 14.2 Å². The molecule has 0 N–H and O–H groups in total. The van der Waals surface area contributed by atoms with Crippen molar-refractivity contribution >= 4 is 12.0 Å². The molecule has 0 fully saturated rings. The molecule has 0 atom stereocenters. The van der Waals surface area contributed by atoms with Crippen LogP contribution in [-0.2, 0) is 15.6 Å². The highest BCUT2D eigenvalue weighted by Gasteiger charge is 2.34. The van der Waals surface area contributed by atoms with Gasteiger partial charge in [-0.2, -0.15) is 22.0 Å². The summed E-state index contributed by atoms with van der Waals surface area (Å²) < 4.78 is 79.3. The number of rotatable bonds is 9. The van der Waals surface area contributed by atoms with Crippen LogP contribution in [0.5, 0.6) is 11.5 Å². The average molecular weight is 430 g/mol. The fraction of sp³-hybridized carbons (Fsp3) is 0.286. The number of benzene rings is 2. The molecule has 0 aliphatic carbocycles. The largest absolute Gasteiger partial charge is 0.494 e. The summed E-state index contributed by atoms with van der Waals surface area (Å²) in [6.45, 7) is -0.146. The quantitative estimate of drug-likeness (QED) is 0.221. The van der Waals surface area contributed by atoms with E-state index in [-0.39, 0.29) is 24.5 Å². The Morgan fingerprint density at radius 3 is 2.10 bits per heavy atom. The molecule has 30 heavy (non-hydrogen) atoms. The smallest absolute Gasteiger partial charge is 0.426 e. The van der Waals surface area contributed by atoms with Gasteiger partial charge >= 0.3 is 18.3 Å². The lowest BCUT2D eigenvalue weighted by Crippen LogP contribution is -2.21. The molecule has 0 aromatic heterocycles. The Kier molecular flexibility index (Phi) is 7.79. The Morgan fingerprint density at radius 2 is 1.53 bits per heavy atom. The van der Waals surface area contributed by atoms with Crippen LogP contribution in [0.1, 0.15) is 24.0 Å². The summed E-state index contributed by atoms with van der Waals surface area (Å²) >= 11 is 0. The van der Waals surface area contributed by atoms with Crippen molar-refractivity contribution in [1.29, 1.82) is 0 Å². The van der Waals surface area contributed by atoms with E-state index in [0.29, 0.717) is 5.56 Å². The number of hydrogen-bond acceptors (Lipinski definition) is 4. The number of halogens is 5. The van der Waals surface area contributed by atoms with Gasteiger partial charge in [0.15, 0.2) is 0 Å². The molecule has 0 bridgehead atoms. The highest BCUT2D eigenvalue weighted by atomic mass is 19.4. The van der Waals surface area contributed by atoms with E-state index in [1.807, 2.05) is 0 Å². The van der Waals surface area contributed by atoms with Crippen molar-refractivity contribution in [3.8, 4) is 11.5 Å². The normalized spacial score (nSPS) is 12.1. The summed E-state index contributed by atoms with van der Waals surface area (Å²) in [6.07, 6.45) is -6.46. The number of esters is 1. The second-order valence-corrected chi connectivity index (χ2v) is 6.14. The van der Waals surface area contributed by atoms with E-state index in [0.717, 1.165) is 18.2 Å². The third kappa shape index (κ3) is 7.73. The average Bonchev–Trinajstić information content (AvgIpc) is 2.70. The van der Waals surface area contributed by atoms with Crippen molar-refractivity contribution < 1.29 is 41.0 Å². The van der Waals surface area contributed by atoms with E-state index in [1.165, 1.54) is 49.6 Å². The van der Waals surface area contributed by atoms with E-state index < -0.39 is 30.2 Å². The Hall–Kier alpha value is -3.10. The van der Waals surface area contributed by atoms with E-state index >= 15 is 0 Å². The first-order chi connectivity index (χ1) is 14.1. The predicted molar refractivity (Wildman–Crippen MR) is 99.2 cm³/mol. The maximum Gasteiger partial charge on any atom is 0.426 e. The molecule has 0 aliphatic rings. The standard InChI is InChI=1S/C21H19F5O4/c1-28-19(27)12-5-15-3-6-16(7-4-15)21(25,26)30-18-10-8-17(9-11-18)29-14-2-13-20(22,23)24/h3-12H,2,13-14H2,1H3/b12-5+. The zero-order valence-corrected chi connectivity index (χ0v) is 15.9. The van der Waals surface area contributed by atoms with Crippen LogP contribution >= 0.6 is 0 Å². The van der Waals surface area contributed by atoms with E-state index in [2.05, 4.69) is 4.74 Å². The topological polar surface area (TPSA) is 44.8 Å². The summed E-state index contributed by atoms with van der Waals surface area (Å²) in [7, 11) is 1.22. The van der Waals surface area contributed by atoms with E-state index in [9.17, 15) is 26.7 Å². The van der Waals surface area contributed by atoms with Crippen LogP contribution in [-0.4, -0.2) is 25.9 Å². The molecule has 9 heteroatoms. The second kappa shape index (κ2) is 10.1. The molecule has 2 aromatic carbocycles. The van der Waals surface area contributed by atoms with Gasteiger partial charge in [-0.15, -0.1) is 0 Å². The minimum absolute atomic E-state index is 0.141. The highest BCUT2D eigenvalue weighted by Crippen LogP contribution is 2.32. The number of ether oxygens (including phenoxy) is 3. The number of carbonyl (C=O) groups is 1. The van der Waals surface area contributed by atoms with Gasteiger partial charge in [0.05, 0.1) is 19.3 Å². The van der Waals surface area contributed by atoms with E-state index in [4.69, 9.17) is 9.47 Å². The van der Waals surface area contributed by atoms with Crippen LogP contribution in [0.3, 0.4) is 0 Å². The van der Waals surface area contributed by atoms with Gasteiger partial charge in [-0.1, -0.05) is 12.1 Å². The summed E-state index contributed by atoms with van der Waals surface area (Å²) in [5.74, 6) is -0.465. The van der Waals surface area contributed by atoms with Crippen molar-refractivity contribution in [2.24, 2.45) is 0 Å². The molecular weight excluding hydrogens is 411 g/mol. The molecule has 0 radical (unpaired) electrons. The summed E-state index contributed by atoms with van der Waals surface area (Å²) in [6, 6.07) is 10.2. The van der Waals surface area contributed by atoms with Crippen LogP contribution < -0.4 is 9.47 Å². The molecule has 0 saturated carbocycles. The number of alkyl halides is 5. The fourth-order valence-electron chi connectivity index (χ4n) is 2.29. The van der Waals surface area contributed by atoms with Gasteiger partial charge in [-0.05, 0) is 54.5 Å². The molecule has 2 rings (SSSR count). The van der Waals surface area contributed by atoms with Crippen molar-refractivity contribution in [1.82, 2.24) is 0 Å². The van der Waals surface area contributed by atoms with Crippen LogP contribution in [0.15, 0.2) is 54.6 Å². The zero-order valence-electron chi connectivity index (χ0n) is 15.9. The van der Waals surface area contributed by atoms with E-state index in [1.54, 1.807) is 0 Å². The van der Waals surface area contributed by atoms with Crippen LogP contribution in [0, 0.1) is 0 Å². The Balaban J connectivity index is 1.93. The number of hydrogen-bond donors (Lipinski definition) is 0. The van der Waals surface area contributed by atoms with Gasteiger partial charge in [0, 0.05) is 12.5 Å². The first-order valence-corrected chi connectivity index (χ1v) is 8.82. The molecule has 0 spiro atoms. The first kappa shape index (κ1) is 23.2. The summed E-state index contributed by atoms with van der Waals surface area (Å²) in [5, 5.41) is 0. The second-order valence-electron chi connectivity index (χ2n) is 6.14. The van der Waals surface area contributed by atoms with Gasteiger partial charge in [-0.25, -0.2) is 4.79 Å². The number of carbonyl (C=O) groups excluding carboxylic acids is 1. The predicted octanol–water partition coefficient (Wildman–Crippen LogP) is 5.72. The van der Waals surface area contributed by atoms with Gasteiger partial charge in [-0.3, -0.25) is 0 Å². The van der Waals surface area contributed by atoms with Gasteiger partial charge in [0.25, 0.3) is 0 Å². The van der Waals surface area contributed by atoms with Crippen molar-refractivity contribution in [3.05, 3.63) is 65.7 Å². The Bertz CT molecular complexity index is 843. The van der Waals surface area contributed by atoms with Crippen LogP contribution in [0.2, 0.25) is 0 Å². The molecule has 162 valence electrons. The Labute approximate surface area is 169 Å². The van der Waals surface area contributed by atoms with Crippen LogP contribution in [0.4, 0.5) is 22.0 Å². The molecular formula is C21H19F5O4. The molecule has 2 aromatic rings. The molecule has 0 aliphatic heterocycles. The van der Waals surface area contributed by atoms with Crippen molar-refractivity contribution in [2.75, 3.05) is 13.7 Å². The van der Waals surface area contributed by atoms with Crippen LogP contribution in [0.25, 0.3) is 6.08 Å². The molecule has 0 amide bonds. The van der Waals surface area contributed by atoms with Crippen molar-refractivity contribution in [2.45, 2.75) is 25.1 Å².